The highest BCUT2D eigenvalue weighted by atomic mass is 32.1. The fourth-order valence-corrected chi connectivity index (χ4v) is 1.50. The van der Waals surface area contributed by atoms with Crippen LogP contribution in [-0.2, 0) is 4.65 Å². The number of hydrogen-bond donors (Lipinski definition) is 1. The number of allylic oxidation sites excluding steroid dienone is 1. The minimum Gasteiger partial charge on any atom is -0.430 e. The SMILES string of the molecule is C=C([B]OC(C)(C)CC(C)S)C(F)(F)F. The molecule has 0 spiro atoms. The molecule has 87 valence electrons. The van der Waals surface area contributed by atoms with Gasteiger partial charge in [-0.1, -0.05) is 13.5 Å². The summed E-state index contributed by atoms with van der Waals surface area (Å²) < 4.78 is 41.2. The third kappa shape index (κ3) is 6.90. The first-order valence-corrected chi connectivity index (χ1v) is 5.01. The average Bonchev–Trinajstić information content (AvgIpc) is 1.95. The van der Waals surface area contributed by atoms with Gasteiger partial charge >= 0.3 is 13.7 Å². The zero-order valence-electron chi connectivity index (χ0n) is 9.06. The highest BCUT2D eigenvalue weighted by Crippen LogP contribution is 2.26. The summed E-state index contributed by atoms with van der Waals surface area (Å²) in [4.78, 5) is 0. The van der Waals surface area contributed by atoms with Crippen LogP contribution in [0.1, 0.15) is 27.2 Å². The van der Waals surface area contributed by atoms with Crippen molar-refractivity contribution in [3.8, 4) is 0 Å². The van der Waals surface area contributed by atoms with Crippen LogP contribution in [0.15, 0.2) is 12.1 Å². The fourth-order valence-electron chi connectivity index (χ4n) is 1.06. The monoisotopic (exact) mass is 239 g/mol. The summed E-state index contributed by atoms with van der Waals surface area (Å²) in [6.07, 6.45) is -3.87. The number of alkyl halides is 3. The molecule has 1 radical (unpaired) electrons. The number of thiol groups is 1. The summed E-state index contributed by atoms with van der Waals surface area (Å²) in [5.41, 5.74) is -1.66. The highest BCUT2D eigenvalue weighted by Gasteiger charge is 2.34. The second kappa shape index (κ2) is 5.30. The number of hydrogen-bond acceptors (Lipinski definition) is 2. The van der Waals surface area contributed by atoms with Crippen LogP contribution in [-0.4, -0.2) is 24.5 Å². The van der Waals surface area contributed by atoms with Crippen LogP contribution in [0.25, 0.3) is 0 Å². The maximum absolute atomic E-state index is 12.1. The molecular weight excluding hydrogens is 224 g/mol. The van der Waals surface area contributed by atoms with Crippen LogP contribution < -0.4 is 0 Å². The zero-order chi connectivity index (χ0) is 12.3. The Morgan fingerprint density at radius 3 is 2.27 bits per heavy atom. The van der Waals surface area contributed by atoms with Crippen molar-refractivity contribution in [3.63, 3.8) is 0 Å². The first-order chi connectivity index (χ1) is 6.54. The zero-order valence-corrected chi connectivity index (χ0v) is 9.95. The maximum Gasteiger partial charge on any atom is 0.406 e. The van der Waals surface area contributed by atoms with Crippen LogP contribution in [0.5, 0.6) is 0 Å². The molecule has 1 nitrogen and oxygen atoms in total. The van der Waals surface area contributed by atoms with Gasteiger partial charge < -0.3 is 4.65 Å². The summed E-state index contributed by atoms with van der Waals surface area (Å²) in [5.74, 6) is 0. The third-order valence-corrected chi connectivity index (χ3v) is 1.85. The Hall–Kier alpha value is -0.0951. The van der Waals surface area contributed by atoms with Gasteiger partial charge in [0.05, 0.1) is 0 Å². The van der Waals surface area contributed by atoms with E-state index in [-0.39, 0.29) is 5.25 Å². The Bertz CT molecular complexity index is 226. The van der Waals surface area contributed by atoms with Gasteiger partial charge in [0.15, 0.2) is 0 Å². The first-order valence-electron chi connectivity index (χ1n) is 4.50. The van der Waals surface area contributed by atoms with Crippen molar-refractivity contribution >= 4 is 20.1 Å². The first kappa shape index (κ1) is 14.9. The van der Waals surface area contributed by atoms with Crippen molar-refractivity contribution in [2.24, 2.45) is 0 Å². The Balaban J connectivity index is 4.10. The highest BCUT2D eigenvalue weighted by molar-refractivity contribution is 7.80. The van der Waals surface area contributed by atoms with Gasteiger partial charge in [-0.3, -0.25) is 0 Å². The Labute approximate surface area is 94.8 Å². The Kier molecular flexibility index (Phi) is 5.27. The molecule has 0 saturated heterocycles. The number of halogens is 3. The predicted molar refractivity (Wildman–Crippen MR) is 59.2 cm³/mol. The minimum atomic E-state index is -4.43. The van der Waals surface area contributed by atoms with E-state index in [0.717, 1.165) is 0 Å². The molecule has 0 aromatic heterocycles. The maximum atomic E-state index is 12.1. The van der Waals surface area contributed by atoms with Crippen LogP contribution in [0.3, 0.4) is 0 Å². The molecule has 0 N–H and O–H groups in total. The van der Waals surface area contributed by atoms with Crippen molar-refractivity contribution in [3.05, 3.63) is 12.1 Å². The second-order valence-electron chi connectivity index (χ2n) is 4.07. The van der Waals surface area contributed by atoms with Crippen molar-refractivity contribution < 1.29 is 17.8 Å². The summed E-state index contributed by atoms with van der Waals surface area (Å²) in [5, 5.41) is 0.0625. The second-order valence-corrected chi connectivity index (χ2v) is 4.95. The number of rotatable bonds is 5. The van der Waals surface area contributed by atoms with E-state index in [2.05, 4.69) is 19.2 Å². The van der Waals surface area contributed by atoms with Crippen LogP contribution in [0.2, 0.25) is 0 Å². The van der Waals surface area contributed by atoms with E-state index in [0.29, 0.717) is 13.9 Å². The largest absolute Gasteiger partial charge is 0.430 e. The van der Waals surface area contributed by atoms with Gasteiger partial charge in [-0.25, -0.2) is 0 Å². The molecule has 0 aliphatic rings. The van der Waals surface area contributed by atoms with E-state index in [1.807, 2.05) is 6.92 Å². The van der Waals surface area contributed by atoms with Gasteiger partial charge in [-0.05, 0) is 20.3 Å². The summed E-state index contributed by atoms with van der Waals surface area (Å²) >= 11 is 4.15. The lowest BCUT2D eigenvalue weighted by Gasteiger charge is -2.27. The quantitative estimate of drug-likeness (QED) is 0.572. The molecule has 0 saturated carbocycles. The van der Waals surface area contributed by atoms with Crippen molar-refractivity contribution in [1.29, 1.82) is 0 Å². The smallest absolute Gasteiger partial charge is 0.406 e. The van der Waals surface area contributed by atoms with Crippen molar-refractivity contribution in [2.45, 2.75) is 44.2 Å². The van der Waals surface area contributed by atoms with Crippen LogP contribution in [0.4, 0.5) is 13.2 Å². The van der Waals surface area contributed by atoms with Crippen LogP contribution >= 0.6 is 12.6 Å². The molecule has 0 bridgehead atoms. The van der Waals surface area contributed by atoms with Gasteiger partial charge in [0.25, 0.3) is 0 Å². The molecule has 0 aromatic rings. The van der Waals surface area contributed by atoms with E-state index in [1.165, 1.54) is 0 Å². The summed E-state index contributed by atoms with van der Waals surface area (Å²) in [6.45, 7) is 8.15. The molecule has 1 unspecified atom stereocenters. The van der Waals surface area contributed by atoms with E-state index in [9.17, 15) is 13.2 Å². The molecule has 0 heterocycles. The van der Waals surface area contributed by atoms with Gasteiger partial charge in [-0.15, -0.1) is 0 Å². The third-order valence-electron chi connectivity index (χ3n) is 1.67. The summed E-state index contributed by atoms with van der Waals surface area (Å²) in [7, 11) is 0.663. The molecule has 6 heteroatoms. The van der Waals surface area contributed by atoms with E-state index in [4.69, 9.17) is 4.65 Å². The normalized spacial score (nSPS) is 14.9. The molecular formula is C9H15BF3OS. The lowest BCUT2D eigenvalue weighted by molar-refractivity contribution is -0.0864. The summed E-state index contributed by atoms with van der Waals surface area (Å²) in [6, 6.07) is 0. The molecule has 0 amide bonds. The van der Waals surface area contributed by atoms with E-state index in [1.54, 1.807) is 13.8 Å². The molecule has 0 fully saturated rings. The minimum absolute atomic E-state index is 0.0625. The van der Waals surface area contributed by atoms with Crippen molar-refractivity contribution in [2.75, 3.05) is 0 Å². The lowest BCUT2D eigenvalue weighted by atomic mass is 9.86. The molecule has 0 aromatic carbocycles. The van der Waals surface area contributed by atoms with Crippen LogP contribution in [0, 0.1) is 0 Å². The molecule has 15 heavy (non-hydrogen) atoms. The lowest BCUT2D eigenvalue weighted by Crippen LogP contribution is -2.32. The molecule has 0 rings (SSSR count). The predicted octanol–water partition coefficient (Wildman–Crippen LogP) is 3.19. The van der Waals surface area contributed by atoms with Gasteiger partial charge in [0.1, 0.15) is 0 Å². The van der Waals surface area contributed by atoms with Gasteiger partial charge in [0.2, 0.25) is 0 Å². The standard InChI is InChI=1S/C9H15BF3OS/c1-6(15)5-8(3,4)14-10-7(2)9(11,12)13/h6,15H,2,5H2,1,3-4H3. The van der Waals surface area contributed by atoms with Gasteiger partial charge in [0, 0.05) is 16.3 Å². The molecule has 0 aliphatic heterocycles. The topological polar surface area (TPSA) is 9.23 Å². The molecule has 0 aliphatic carbocycles. The van der Waals surface area contributed by atoms with E-state index >= 15 is 0 Å². The van der Waals surface area contributed by atoms with Crippen molar-refractivity contribution in [1.82, 2.24) is 0 Å². The Morgan fingerprint density at radius 2 is 1.93 bits per heavy atom. The Morgan fingerprint density at radius 1 is 1.47 bits per heavy atom. The average molecular weight is 239 g/mol. The van der Waals surface area contributed by atoms with Gasteiger partial charge in [-0.2, -0.15) is 25.8 Å². The van der Waals surface area contributed by atoms with E-state index < -0.39 is 17.2 Å². The molecule has 1 atom stereocenters. The fraction of sp³-hybridized carbons (Fsp3) is 0.778.